The van der Waals surface area contributed by atoms with Crippen LogP contribution in [0, 0.1) is 0 Å². The first-order chi connectivity index (χ1) is 10.2. The van der Waals surface area contributed by atoms with Crippen molar-refractivity contribution in [2.75, 3.05) is 17.6 Å². The Morgan fingerprint density at radius 2 is 1.95 bits per heavy atom. The molecule has 21 heavy (non-hydrogen) atoms. The molecule has 0 aliphatic rings. The lowest BCUT2D eigenvalue weighted by Gasteiger charge is -2.12. The molecular formula is C16H15BrN4. The molecule has 0 saturated heterocycles. The van der Waals surface area contributed by atoms with Crippen LogP contribution in [0.5, 0.6) is 0 Å². The van der Waals surface area contributed by atoms with Crippen LogP contribution in [0.3, 0.4) is 0 Å². The summed E-state index contributed by atoms with van der Waals surface area (Å²) < 4.78 is 1.01. The lowest BCUT2D eigenvalue weighted by molar-refractivity contribution is 1.01. The number of nitrogens with one attached hydrogen (secondary N) is 1. The summed E-state index contributed by atoms with van der Waals surface area (Å²) in [5.41, 5.74) is 9.84. The van der Waals surface area contributed by atoms with Crippen LogP contribution < -0.4 is 11.1 Å². The van der Waals surface area contributed by atoms with E-state index in [2.05, 4.69) is 31.2 Å². The Morgan fingerprint density at radius 3 is 2.76 bits per heavy atom. The third kappa shape index (κ3) is 3.13. The number of nitrogens with two attached hydrogens (primary N) is 1. The van der Waals surface area contributed by atoms with Crippen LogP contribution >= 0.6 is 15.9 Å². The van der Waals surface area contributed by atoms with Crippen LogP contribution in [0.1, 0.15) is 5.56 Å². The molecule has 2 heterocycles. The van der Waals surface area contributed by atoms with Crippen LogP contribution in [-0.4, -0.2) is 16.5 Å². The maximum atomic E-state index is 6.07. The number of benzene rings is 1. The molecule has 1 aromatic carbocycles. The molecule has 0 radical (unpaired) electrons. The van der Waals surface area contributed by atoms with E-state index in [0.29, 0.717) is 5.69 Å². The Kier molecular flexibility index (Phi) is 4.01. The SMILES string of the molecule is Nc1cnc2ccc(Br)cc2c1NCCc1ccncc1. The number of hydrogen-bond acceptors (Lipinski definition) is 4. The van der Waals surface area contributed by atoms with Gasteiger partial charge in [0.2, 0.25) is 0 Å². The number of nitrogen functional groups attached to an aromatic ring is 1. The molecule has 0 aliphatic heterocycles. The lowest BCUT2D eigenvalue weighted by atomic mass is 10.1. The van der Waals surface area contributed by atoms with E-state index in [1.807, 2.05) is 42.7 Å². The summed E-state index contributed by atoms with van der Waals surface area (Å²) in [5.74, 6) is 0. The topological polar surface area (TPSA) is 63.8 Å². The number of halogens is 1. The molecule has 0 atom stereocenters. The molecule has 4 nitrogen and oxygen atoms in total. The normalized spacial score (nSPS) is 10.7. The van der Waals surface area contributed by atoms with Gasteiger partial charge in [-0.15, -0.1) is 0 Å². The maximum absolute atomic E-state index is 6.07. The molecule has 3 rings (SSSR count). The quantitative estimate of drug-likeness (QED) is 0.759. The first-order valence-electron chi connectivity index (χ1n) is 6.70. The summed E-state index contributed by atoms with van der Waals surface area (Å²) in [4.78, 5) is 8.38. The van der Waals surface area contributed by atoms with E-state index in [1.54, 1.807) is 6.20 Å². The first kappa shape index (κ1) is 13.8. The second-order valence-corrected chi connectivity index (χ2v) is 5.70. The van der Waals surface area contributed by atoms with Crippen LogP contribution in [0.2, 0.25) is 0 Å². The first-order valence-corrected chi connectivity index (χ1v) is 7.50. The third-order valence-corrected chi connectivity index (χ3v) is 3.82. The number of nitrogens with zero attached hydrogens (tertiary/aromatic N) is 2. The molecule has 5 heteroatoms. The highest BCUT2D eigenvalue weighted by Gasteiger charge is 2.07. The minimum Gasteiger partial charge on any atom is -0.396 e. The summed E-state index contributed by atoms with van der Waals surface area (Å²) in [5, 5.41) is 4.45. The maximum Gasteiger partial charge on any atom is 0.0743 e. The van der Waals surface area contributed by atoms with Gasteiger partial charge in [0, 0.05) is 28.8 Å². The van der Waals surface area contributed by atoms with Crippen molar-refractivity contribution in [2.45, 2.75) is 6.42 Å². The van der Waals surface area contributed by atoms with E-state index in [-0.39, 0.29) is 0 Å². The Morgan fingerprint density at radius 1 is 1.14 bits per heavy atom. The summed E-state index contributed by atoms with van der Waals surface area (Å²) >= 11 is 3.49. The van der Waals surface area contributed by atoms with Gasteiger partial charge in [-0.25, -0.2) is 0 Å². The third-order valence-electron chi connectivity index (χ3n) is 3.32. The zero-order chi connectivity index (χ0) is 14.7. The fourth-order valence-electron chi connectivity index (χ4n) is 2.26. The highest BCUT2D eigenvalue weighted by atomic mass is 79.9. The molecule has 3 N–H and O–H groups in total. The number of rotatable bonds is 4. The van der Waals surface area contributed by atoms with Crippen molar-refractivity contribution in [1.82, 2.24) is 9.97 Å². The molecular weight excluding hydrogens is 328 g/mol. The molecule has 0 saturated carbocycles. The van der Waals surface area contributed by atoms with Gasteiger partial charge in [0.1, 0.15) is 0 Å². The van der Waals surface area contributed by atoms with Crippen molar-refractivity contribution >= 4 is 38.2 Å². The van der Waals surface area contributed by atoms with Crippen molar-refractivity contribution in [3.05, 3.63) is 59.0 Å². The number of pyridine rings is 2. The second kappa shape index (κ2) is 6.10. The van der Waals surface area contributed by atoms with Crippen molar-refractivity contribution in [3.8, 4) is 0 Å². The van der Waals surface area contributed by atoms with Crippen LogP contribution in [-0.2, 0) is 6.42 Å². The fourth-order valence-corrected chi connectivity index (χ4v) is 2.62. The number of fused-ring (bicyclic) bond motifs is 1. The molecule has 0 fully saturated rings. The van der Waals surface area contributed by atoms with Crippen molar-refractivity contribution < 1.29 is 0 Å². The van der Waals surface area contributed by atoms with Crippen molar-refractivity contribution in [1.29, 1.82) is 0 Å². The molecule has 0 aliphatic carbocycles. The molecule has 2 aromatic heterocycles. The van der Waals surface area contributed by atoms with Crippen molar-refractivity contribution in [3.63, 3.8) is 0 Å². The average molecular weight is 343 g/mol. The van der Waals surface area contributed by atoms with Gasteiger partial charge in [0.15, 0.2) is 0 Å². The van der Waals surface area contributed by atoms with Gasteiger partial charge >= 0.3 is 0 Å². The monoisotopic (exact) mass is 342 g/mol. The summed E-state index contributed by atoms with van der Waals surface area (Å²) in [6.07, 6.45) is 6.23. The number of hydrogen-bond donors (Lipinski definition) is 2. The van der Waals surface area contributed by atoms with Crippen LogP contribution in [0.15, 0.2) is 53.4 Å². The van der Waals surface area contributed by atoms with E-state index >= 15 is 0 Å². The minimum absolute atomic E-state index is 0.662. The van der Waals surface area contributed by atoms with Gasteiger partial charge in [-0.1, -0.05) is 15.9 Å². The van der Waals surface area contributed by atoms with Gasteiger partial charge in [-0.3, -0.25) is 9.97 Å². The number of anilines is 2. The van der Waals surface area contributed by atoms with E-state index < -0.39 is 0 Å². The molecule has 0 spiro atoms. The second-order valence-electron chi connectivity index (χ2n) is 4.78. The highest BCUT2D eigenvalue weighted by Crippen LogP contribution is 2.29. The largest absolute Gasteiger partial charge is 0.396 e. The molecule has 0 bridgehead atoms. The Labute approximate surface area is 131 Å². The Hall–Kier alpha value is -2.14. The molecule has 0 unspecified atom stereocenters. The molecule has 0 amide bonds. The van der Waals surface area contributed by atoms with Crippen LogP contribution in [0.4, 0.5) is 11.4 Å². The highest BCUT2D eigenvalue weighted by molar-refractivity contribution is 9.10. The van der Waals surface area contributed by atoms with Gasteiger partial charge < -0.3 is 11.1 Å². The smallest absolute Gasteiger partial charge is 0.0743 e. The van der Waals surface area contributed by atoms with Gasteiger partial charge in [0.05, 0.1) is 23.1 Å². The molecule has 106 valence electrons. The standard InChI is InChI=1S/C16H15BrN4/c17-12-1-2-15-13(9-12)16(14(18)10-21-15)20-8-5-11-3-6-19-7-4-11/h1-4,6-7,9-10H,5,8,18H2,(H,20,21). The summed E-state index contributed by atoms with van der Waals surface area (Å²) in [6.45, 7) is 0.805. The van der Waals surface area contributed by atoms with E-state index in [9.17, 15) is 0 Å². The van der Waals surface area contributed by atoms with Gasteiger partial charge in [-0.05, 0) is 42.3 Å². The predicted molar refractivity (Wildman–Crippen MR) is 90.3 cm³/mol. The zero-order valence-electron chi connectivity index (χ0n) is 11.4. The Bertz CT molecular complexity index is 754. The minimum atomic E-state index is 0.662. The summed E-state index contributed by atoms with van der Waals surface area (Å²) in [6, 6.07) is 10.0. The van der Waals surface area contributed by atoms with E-state index in [4.69, 9.17) is 5.73 Å². The summed E-state index contributed by atoms with van der Waals surface area (Å²) in [7, 11) is 0. The van der Waals surface area contributed by atoms with E-state index in [1.165, 1.54) is 5.56 Å². The number of aromatic nitrogens is 2. The zero-order valence-corrected chi connectivity index (χ0v) is 13.0. The van der Waals surface area contributed by atoms with Gasteiger partial charge in [0.25, 0.3) is 0 Å². The lowest BCUT2D eigenvalue weighted by Crippen LogP contribution is -2.08. The Balaban J connectivity index is 1.83. The predicted octanol–water partition coefficient (Wildman–Crippen LogP) is 3.63. The van der Waals surface area contributed by atoms with E-state index in [0.717, 1.165) is 34.0 Å². The fraction of sp³-hybridized carbons (Fsp3) is 0.125. The van der Waals surface area contributed by atoms with Gasteiger partial charge in [-0.2, -0.15) is 0 Å². The van der Waals surface area contributed by atoms with Crippen LogP contribution in [0.25, 0.3) is 10.9 Å². The average Bonchev–Trinajstić information content (AvgIpc) is 2.50. The van der Waals surface area contributed by atoms with Crippen molar-refractivity contribution in [2.24, 2.45) is 0 Å². The molecule has 3 aromatic rings.